The molecule has 2 aromatic heterocycles. The number of nitrogens with one attached hydrogen (secondary N) is 1. The van der Waals surface area contributed by atoms with E-state index in [2.05, 4.69) is 15.3 Å². The fourth-order valence-electron chi connectivity index (χ4n) is 1.84. The summed E-state index contributed by atoms with van der Waals surface area (Å²) in [6, 6.07) is 0.0683. The minimum absolute atomic E-state index is 0.0683. The molecular weight excluding hydrogens is 260 g/mol. The topological polar surface area (TPSA) is 58.1 Å². The molecule has 102 valence electrons. The molecule has 0 aliphatic heterocycles. The fraction of sp³-hybridized carbons (Fsp3) is 0.462. The molecule has 6 heteroatoms. The Balaban J connectivity index is 2.56. The number of amides is 1. The molecule has 2 heterocycles. The molecule has 1 N–H and O–H groups in total. The Morgan fingerprint density at radius 1 is 1.37 bits per heavy atom. The summed E-state index contributed by atoms with van der Waals surface area (Å²) >= 11 is 1.62. The standard InChI is InChI=1S/C13H18N4OS/c1-7(2)14-13(18)11-15-9-6-19-8(3)10(9)12(16-11)17(4)5/h6-7H,1-5H3,(H,14,18). The van der Waals surface area contributed by atoms with Crippen molar-refractivity contribution in [3.8, 4) is 0 Å². The van der Waals surface area contributed by atoms with Gasteiger partial charge in [-0.25, -0.2) is 9.97 Å². The lowest BCUT2D eigenvalue weighted by Gasteiger charge is -2.15. The van der Waals surface area contributed by atoms with Crippen LogP contribution in [-0.4, -0.2) is 36.0 Å². The predicted octanol–water partition coefficient (Wildman–Crippen LogP) is 2.20. The normalized spacial score (nSPS) is 11.1. The highest BCUT2D eigenvalue weighted by atomic mass is 32.1. The third-order valence-corrected chi connectivity index (χ3v) is 3.56. The van der Waals surface area contributed by atoms with Crippen molar-refractivity contribution in [2.24, 2.45) is 0 Å². The van der Waals surface area contributed by atoms with Gasteiger partial charge in [-0.3, -0.25) is 4.79 Å². The molecule has 0 bridgehead atoms. The van der Waals surface area contributed by atoms with E-state index >= 15 is 0 Å². The Bertz CT molecular complexity index is 618. The van der Waals surface area contributed by atoms with Gasteiger partial charge in [-0.1, -0.05) is 0 Å². The van der Waals surface area contributed by atoms with Crippen molar-refractivity contribution in [3.63, 3.8) is 0 Å². The molecule has 0 aliphatic rings. The van der Waals surface area contributed by atoms with Gasteiger partial charge >= 0.3 is 0 Å². The number of rotatable bonds is 3. The van der Waals surface area contributed by atoms with Gasteiger partial charge in [0, 0.05) is 30.4 Å². The van der Waals surface area contributed by atoms with E-state index in [-0.39, 0.29) is 17.8 Å². The molecule has 0 aromatic carbocycles. The zero-order chi connectivity index (χ0) is 14.2. The molecule has 0 saturated carbocycles. The maximum absolute atomic E-state index is 12.0. The first kappa shape index (κ1) is 13.7. The van der Waals surface area contributed by atoms with Gasteiger partial charge in [-0.05, 0) is 20.8 Å². The van der Waals surface area contributed by atoms with Crippen LogP contribution in [0.25, 0.3) is 10.9 Å². The minimum atomic E-state index is -0.233. The average Bonchev–Trinajstić information content (AvgIpc) is 2.69. The second kappa shape index (κ2) is 5.13. The molecule has 0 radical (unpaired) electrons. The number of carbonyl (C=O) groups excluding carboxylic acids is 1. The van der Waals surface area contributed by atoms with E-state index in [4.69, 9.17) is 0 Å². The van der Waals surface area contributed by atoms with Crippen LogP contribution in [0.5, 0.6) is 0 Å². The van der Waals surface area contributed by atoms with E-state index in [0.717, 1.165) is 21.6 Å². The van der Waals surface area contributed by atoms with Crippen LogP contribution in [0.2, 0.25) is 0 Å². The molecule has 19 heavy (non-hydrogen) atoms. The fourth-order valence-corrected chi connectivity index (χ4v) is 2.62. The van der Waals surface area contributed by atoms with Gasteiger partial charge in [0.25, 0.3) is 5.91 Å². The highest BCUT2D eigenvalue weighted by Crippen LogP contribution is 2.30. The van der Waals surface area contributed by atoms with Crippen molar-refractivity contribution in [3.05, 3.63) is 16.1 Å². The number of carbonyl (C=O) groups is 1. The van der Waals surface area contributed by atoms with E-state index in [1.165, 1.54) is 0 Å². The zero-order valence-electron chi connectivity index (χ0n) is 11.8. The zero-order valence-corrected chi connectivity index (χ0v) is 12.6. The summed E-state index contributed by atoms with van der Waals surface area (Å²) in [6.07, 6.45) is 0. The maximum atomic E-state index is 12.0. The predicted molar refractivity (Wildman–Crippen MR) is 79.1 cm³/mol. The molecule has 0 aliphatic carbocycles. The van der Waals surface area contributed by atoms with Gasteiger partial charge in [0.15, 0.2) is 0 Å². The summed E-state index contributed by atoms with van der Waals surface area (Å²) in [7, 11) is 3.84. The van der Waals surface area contributed by atoms with Gasteiger partial charge in [0.2, 0.25) is 5.82 Å². The van der Waals surface area contributed by atoms with Crippen LogP contribution in [0.3, 0.4) is 0 Å². The lowest BCUT2D eigenvalue weighted by Crippen LogP contribution is -2.32. The molecule has 2 rings (SSSR count). The smallest absolute Gasteiger partial charge is 0.289 e. The van der Waals surface area contributed by atoms with Crippen molar-refractivity contribution in [2.75, 3.05) is 19.0 Å². The maximum Gasteiger partial charge on any atom is 0.289 e. The molecule has 5 nitrogen and oxygen atoms in total. The number of nitrogens with zero attached hydrogens (tertiary/aromatic N) is 3. The molecule has 1 amide bonds. The SMILES string of the molecule is Cc1scc2nc(C(=O)NC(C)C)nc(N(C)C)c12. The van der Waals surface area contributed by atoms with E-state index in [1.807, 2.05) is 45.1 Å². The van der Waals surface area contributed by atoms with Gasteiger partial charge in [-0.2, -0.15) is 0 Å². The van der Waals surface area contributed by atoms with Gasteiger partial charge in [0.05, 0.1) is 10.9 Å². The summed E-state index contributed by atoms with van der Waals surface area (Å²) in [4.78, 5) is 23.9. The largest absolute Gasteiger partial charge is 0.362 e. The minimum Gasteiger partial charge on any atom is -0.362 e. The Morgan fingerprint density at radius 2 is 2.05 bits per heavy atom. The molecular formula is C13H18N4OS. The summed E-state index contributed by atoms with van der Waals surface area (Å²) in [5, 5.41) is 5.81. The lowest BCUT2D eigenvalue weighted by atomic mass is 10.2. The van der Waals surface area contributed by atoms with Crippen LogP contribution in [0, 0.1) is 6.92 Å². The van der Waals surface area contributed by atoms with Gasteiger partial charge in [0.1, 0.15) is 5.82 Å². The first-order valence-corrected chi connectivity index (χ1v) is 7.02. The Morgan fingerprint density at radius 3 is 2.63 bits per heavy atom. The van der Waals surface area contributed by atoms with Crippen molar-refractivity contribution >= 4 is 34.0 Å². The van der Waals surface area contributed by atoms with Gasteiger partial charge in [-0.15, -0.1) is 11.3 Å². The number of hydrogen-bond donors (Lipinski definition) is 1. The Kier molecular flexibility index (Phi) is 3.71. The number of thiophene rings is 1. The molecule has 0 saturated heterocycles. The summed E-state index contributed by atoms with van der Waals surface area (Å²) in [6.45, 7) is 5.87. The Hall–Kier alpha value is -1.69. The van der Waals surface area contributed by atoms with Crippen LogP contribution >= 0.6 is 11.3 Å². The van der Waals surface area contributed by atoms with Crippen molar-refractivity contribution < 1.29 is 4.79 Å². The third-order valence-electron chi connectivity index (χ3n) is 2.66. The number of aryl methyl sites for hydroxylation is 1. The van der Waals surface area contributed by atoms with Crippen molar-refractivity contribution in [1.82, 2.24) is 15.3 Å². The van der Waals surface area contributed by atoms with Crippen molar-refractivity contribution in [1.29, 1.82) is 0 Å². The second-order valence-corrected chi connectivity index (χ2v) is 6.03. The molecule has 0 fully saturated rings. The van der Waals surface area contributed by atoms with E-state index in [1.54, 1.807) is 11.3 Å². The molecule has 0 spiro atoms. The average molecular weight is 278 g/mol. The van der Waals surface area contributed by atoms with Crippen LogP contribution in [-0.2, 0) is 0 Å². The van der Waals surface area contributed by atoms with Crippen LogP contribution < -0.4 is 10.2 Å². The monoisotopic (exact) mass is 278 g/mol. The molecule has 0 atom stereocenters. The van der Waals surface area contributed by atoms with E-state index in [9.17, 15) is 4.79 Å². The molecule has 0 unspecified atom stereocenters. The van der Waals surface area contributed by atoms with Crippen LogP contribution in [0.4, 0.5) is 5.82 Å². The van der Waals surface area contributed by atoms with Crippen LogP contribution in [0.15, 0.2) is 5.38 Å². The third kappa shape index (κ3) is 2.68. The first-order chi connectivity index (χ1) is 8.90. The second-order valence-electron chi connectivity index (χ2n) is 4.95. The quantitative estimate of drug-likeness (QED) is 0.935. The Labute approximate surface area is 116 Å². The number of aromatic nitrogens is 2. The lowest BCUT2D eigenvalue weighted by molar-refractivity contribution is 0.0933. The summed E-state index contributed by atoms with van der Waals surface area (Å²) in [5.74, 6) is 0.782. The van der Waals surface area contributed by atoms with Gasteiger partial charge < -0.3 is 10.2 Å². The molecule has 2 aromatic rings. The number of fused-ring (bicyclic) bond motifs is 1. The number of hydrogen-bond acceptors (Lipinski definition) is 5. The van der Waals surface area contributed by atoms with Crippen molar-refractivity contribution in [2.45, 2.75) is 26.8 Å². The van der Waals surface area contributed by atoms with E-state index < -0.39 is 0 Å². The first-order valence-electron chi connectivity index (χ1n) is 6.14. The number of anilines is 1. The summed E-state index contributed by atoms with van der Waals surface area (Å²) < 4.78 is 0. The van der Waals surface area contributed by atoms with Crippen LogP contribution in [0.1, 0.15) is 29.3 Å². The van der Waals surface area contributed by atoms with E-state index in [0.29, 0.717) is 0 Å². The summed E-state index contributed by atoms with van der Waals surface area (Å²) in [5.41, 5.74) is 0.829. The highest BCUT2D eigenvalue weighted by molar-refractivity contribution is 7.11. The highest BCUT2D eigenvalue weighted by Gasteiger charge is 2.17.